The molecule has 0 saturated carbocycles. The van der Waals surface area contributed by atoms with Crippen LogP contribution >= 0.6 is 0 Å². The van der Waals surface area contributed by atoms with Crippen LogP contribution in [0, 0.1) is 11.8 Å². The second kappa shape index (κ2) is 13.1. The van der Waals surface area contributed by atoms with E-state index in [0.29, 0.717) is 19.4 Å². The smallest absolute Gasteiger partial charge is 0.382 e. The molecule has 0 spiro atoms. The zero-order valence-corrected chi connectivity index (χ0v) is 21.3. The number of carbonyl (C=O) groups excluding carboxylic acids is 4. The average Bonchev–Trinajstić information content (AvgIpc) is 3.23. The van der Waals surface area contributed by atoms with Crippen LogP contribution in [0.4, 0.5) is 13.2 Å². The fraction of sp³-hybridized carbons (Fsp3) is 0.826. The Bertz CT molecular complexity index is 760. The van der Waals surface area contributed by atoms with Gasteiger partial charge in [0.1, 0.15) is 12.1 Å². The number of carbonyl (C=O) groups is 4. The summed E-state index contributed by atoms with van der Waals surface area (Å²) in [7, 11) is 0. The van der Waals surface area contributed by atoms with E-state index < -0.39 is 54.0 Å². The Morgan fingerprint density at radius 3 is 2.14 bits per heavy atom. The van der Waals surface area contributed by atoms with Crippen molar-refractivity contribution < 1.29 is 37.5 Å². The highest BCUT2D eigenvalue weighted by atomic mass is 19.4. The molecule has 0 aliphatic carbocycles. The molecule has 1 fully saturated rings. The van der Waals surface area contributed by atoms with Gasteiger partial charge in [0, 0.05) is 20.0 Å². The molecular formula is C23H39F3N4O5. The number of halogens is 3. The molecule has 0 radical (unpaired) electrons. The van der Waals surface area contributed by atoms with E-state index >= 15 is 0 Å². The molecular weight excluding hydrogens is 469 g/mol. The number of rotatable bonds is 11. The molecule has 0 aromatic rings. The molecule has 1 saturated heterocycles. The Kier molecular flexibility index (Phi) is 11.5. The number of nitrogens with zero attached hydrogens (tertiary/aromatic N) is 2. The Morgan fingerprint density at radius 1 is 1.09 bits per heavy atom. The molecule has 1 aliphatic heterocycles. The van der Waals surface area contributed by atoms with Crippen LogP contribution in [0.5, 0.6) is 0 Å². The summed E-state index contributed by atoms with van der Waals surface area (Å²) in [6, 6.07) is -3.57. The van der Waals surface area contributed by atoms with Gasteiger partial charge in [-0.25, -0.2) is 0 Å². The lowest BCUT2D eigenvalue weighted by atomic mass is 9.97. The first-order chi connectivity index (χ1) is 16.1. The summed E-state index contributed by atoms with van der Waals surface area (Å²) < 4.78 is 39.2. The number of alkyl halides is 3. The zero-order chi connectivity index (χ0) is 27.1. The third-order valence-electron chi connectivity index (χ3n) is 6.06. The van der Waals surface area contributed by atoms with Crippen molar-refractivity contribution >= 4 is 23.6 Å². The van der Waals surface area contributed by atoms with Gasteiger partial charge in [-0.15, -0.1) is 0 Å². The lowest BCUT2D eigenvalue weighted by molar-refractivity contribution is -0.215. The van der Waals surface area contributed by atoms with E-state index in [1.807, 2.05) is 6.92 Å². The summed E-state index contributed by atoms with van der Waals surface area (Å²) in [4.78, 5) is 53.2. The SMILES string of the molecule is CCCN(CC(=O)N[C@H](C(=O)N1CCC[C@H]1C(=O)NC(C(C)C)C(O)C(F)(F)F)C(C)C)C(C)=O. The summed E-state index contributed by atoms with van der Waals surface area (Å²) in [6.45, 7) is 9.93. The van der Waals surface area contributed by atoms with Gasteiger partial charge in [-0.2, -0.15) is 13.2 Å². The van der Waals surface area contributed by atoms with E-state index in [4.69, 9.17) is 0 Å². The van der Waals surface area contributed by atoms with Crippen LogP contribution in [0.25, 0.3) is 0 Å². The molecule has 2 unspecified atom stereocenters. The van der Waals surface area contributed by atoms with Crippen LogP contribution in [0.2, 0.25) is 0 Å². The Morgan fingerprint density at radius 2 is 1.69 bits per heavy atom. The zero-order valence-electron chi connectivity index (χ0n) is 21.3. The van der Waals surface area contributed by atoms with Gasteiger partial charge in [0.05, 0.1) is 12.6 Å². The lowest BCUT2D eigenvalue weighted by Gasteiger charge is -2.33. The number of aliphatic hydroxyl groups is 1. The van der Waals surface area contributed by atoms with Crippen LogP contribution in [-0.4, -0.2) is 88.6 Å². The Labute approximate surface area is 204 Å². The molecule has 0 bridgehead atoms. The van der Waals surface area contributed by atoms with Crippen LogP contribution in [-0.2, 0) is 19.2 Å². The van der Waals surface area contributed by atoms with Crippen LogP contribution in [0.15, 0.2) is 0 Å². The van der Waals surface area contributed by atoms with Crippen molar-refractivity contribution in [3.63, 3.8) is 0 Å². The molecule has 0 aromatic carbocycles. The largest absolute Gasteiger partial charge is 0.416 e. The molecule has 4 atom stereocenters. The maximum Gasteiger partial charge on any atom is 0.416 e. The molecule has 0 aromatic heterocycles. The summed E-state index contributed by atoms with van der Waals surface area (Å²) in [5.74, 6) is -3.15. The predicted molar refractivity (Wildman–Crippen MR) is 123 cm³/mol. The van der Waals surface area contributed by atoms with Crippen molar-refractivity contribution in [3.05, 3.63) is 0 Å². The molecule has 1 heterocycles. The first-order valence-corrected chi connectivity index (χ1v) is 12.0. The monoisotopic (exact) mass is 508 g/mol. The minimum absolute atomic E-state index is 0.208. The second-order valence-corrected chi connectivity index (χ2v) is 9.68. The third kappa shape index (κ3) is 8.66. The highest BCUT2D eigenvalue weighted by molar-refractivity contribution is 5.93. The van der Waals surface area contributed by atoms with Crippen molar-refractivity contribution in [1.29, 1.82) is 0 Å². The number of nitrogens with one attached hydrogen (secondary N) is 2. The van der Waals surface area contributed by atoms with Crippen LogP contribution in [0.1, 0.15) is 60.8 Å². The maximum atomic E-state index is 13.3. The number of aliphatic hydroxyl groups excluding tert-OH is 1. The van der Waals surface area contributed by atoms with E-state index in [0.717, 1.165) is 0 Å². The average molecular weight is 509 g/mol. The van der Waals surface area contributed by atoms with Crippen molar-refractivity contribution in [2.45, 2.75) is 91.2 Å². The highest BCUT2D eigenvalue weighted by Crippen LogP contribution is 2.27. The van der Waals surface area contributed by atoms with E-state index in [9.17, 15) is 37.5 Å². The molecule has 35 heavy (non-hydrogen) atoms. The van der Waals surface area contributed by atoms with Gasteiger partial charge in [-0.05, 0) is 31.1 Å². The summed E-state index contributed by atoms with van der Waals surface area (Å²) in [5, 5.41) is 14.6. The Balaban J connectivity index is 2.98. The summed E-state index contributed by atoms with van der Waals surface area (Å²) in [6.07, 6.45) is -6.29. The first kappa shape index (κ1) is 30.7. The third-order valence-corrected chi connectivity index (χ3v) is 6.06. The number of hydrogen-bond acceptors (Lipinski definition) is 5. The van der Waals surface area contributed by atoms with Crippen molar-refractivity contribution in [2.75, 3.05) is 19.6 Å². The quantitative estimate of drug-likeness (QED) is 0.390. The predicted octanol–water partition coefficient (Wildman–Crippen LogP) is 1.44. The summed E-state index contributed by atoms with van der Waals surface area (Å²) in [5.41, 5.74) is 0. The van der Waals surface area contributed by atoms with Gasteiger partial charge >= 0.3 is 6.18 Å². The van der Waals surface area contributed by atoms with Gasteiger partial charge in [-0.3, -0.25) is 19.2 Å². The van der Waals surface area contributed by atoms with E-state index in [2.05, 4.69) is 10.6 Å². The number of amides is 4. The standard InChI is InChI=1S/C23H39F3N4O5/c1-7-10-29(15(6)31)12-17(32)27-19(14(4)5)22(35)30-11-8-9-16(30)21(34)28-18(13(2)3)20(33)23(24,25)26/h13-14,16,18-20,33H,7-12H2,1-6H3,(H,27,32)(H,28,34)/t16-,18?,19-,20?/m0/s1. The second-order valence-electron chi connectivity index (χ2n) is 9.68. The van der Waals surface area contributed by atoms with E-state index in [1.165, 1.54) is 30.6 Å². The van der Waals surface area contributed by atoms with E-state index in [-0.39, 0.29) is 31.3 Å². The van der Waals surface area contributed by atoms with Gasteiger partial charge < -0.3 is 25.5 Å². The normalized spacial score (nSPS) is 18.9. The molecule has 3 N–H and O–H groups in total. The maximum absolute atomic E-state index is 13.3. The lowest BCUT2D eigenvalue weighted by Crippen LogP contribution is -2.59. The van der Waals surface area contributed by atoms with Crippen molar-refractivity contribution in [2.24, 2.45) is 11.8 Å². The molecule has 1 aliphatic rings. The molecule has 202 valence electrons. The topological polar surface area (TPSA) is 119 Å². The fourth-order valence-electron chi connectivity index (χ4n) is 4.08. The number of hydrogen-bond donors (Lipinski definition) is 3. The van der Waals surface area contributed by atoms with Crippen molar-refractivity contribution in [3.8, 4) is 0 Å². The molecule has 1 rings (SSSR count). The fourth-order valence-corrected chi connectivity index (χ4v) is 4.08. The molecule has 12 heteroatoms. The minimum Gasteiger partial charge on any atom is -0.382 e. The molecule has 4 amide bonds. The number of likely N-dealkylation sites (tertiary alicyclic amines) is 1. The summed E-state index contributed by atoms with van der Waals surface area (Å²) >= 11 is 0. The van der Waals surface area contributed by atoms with Crippen LogP contribution < -0.4 is 10.6 Å². The van der Waals surface area contributed by atoms with Crippen molar-refractivity contribution in [1.82, 2.24) is 20.4 Å². The highest BCUT2D eigenvalue weighted by Gasteiger charge is 2.47. The van der Waals surface area contributed by atoms with Gasteiger partial charge in [0.2, 0.25) is 23.6 Å². The van der Waals surface area contributed by atoms with Gasteiger partial charge in [-0.1, -0.05) is 34.6 Å². The van der Waals surface area contributed by atoms with Crippen LogP contribution in [0.3, 0.4) is 0 Å². The molecule has 9 nitrogen and oxygen atoms in total. The van der Waals surface area contributed by atoms with E-state index in [1.54, 1.807) is 13.8 Å². The van der Waals surface area contributed by atoms with Gasteiger partial charge in [0.15, 0.2) is 6.10 Å². The van der Waals surface area contributed by atoms with Gasteiger partial charge in [0.25, 0.3) is 0 Å². The minimum atomic E-state index is -4.91. The first-order valence-electron chi connectivity index (χ1n) is 12.0. The Hall–Kier alpha value is -2.37.